The Morgan fingerprint density at radius 1 is 0.906 bits per heavy atom. The van der Waals surface area contributed by atoms with Gasteiger partial charge in [-0.1, -0.05) is 32.0 Å². The molecule has 0 amide bonds. The first-order chi connectivity index (χ1) is 15.2. The number of benzene rings is 3. The van der Waals surface area contributed by atoms with E-state index in [1.165, 1.54) is 24.8 Å². The molecule has 3 aromatic carbocycles. The van der Waals surface area contributed by atoms with Crippen molar-refractivity contribution >= 4 is 22.5 Å². The molecule has 1 heterocycles. The molecule has 4 unspecified atom stereocenters. The van der Waals surface area contributed by atoms with Crippen molar-refractivity contribution in [3.8, 4) is 5.75 Å². The van der Waals surface area contributed by atoms with Crippen LogP contribution in [0.4, 0.5) is 0 Å². The molecule has 2 bridgehead atoms. The predicted octanol–water partition coefficient (Wildman–Crippen LogP) is 6.00. The van der Waals surface area contributed by atoms with E-state index < -0.39 is 5.97 Å². The number of ether oxygens (including phenoxy) is 1. The number of carbonyl (C=O) groups excluding carboxylic acids is 1. The van der Waals surface area contributed by atoms with Crippen molar-refractivity contribution in [3.63, 3.8) is 0 Å². The van der Waals surface area contributed by atoms with Crippen LogP contribution in [0.1, 0.15) is 71.9 Å². The van der Waals surface area contributed by atoms with E-state index in [1.807, 2.05) is 24.3 Å². The van der Waals surface area contributed by atoms with Crippen molar-refractivity contribution in [1.29, 1.82) is 0 Å². The van der Waals surface area contributed by atoms with E-state index >= 15 is 0 Å². The standard InChI is InChI=1S/C28H26O4/c1-26-11-10-21(15-26)28(3)27(26,2)22-14-19(8-9-23(22)32-28)24(29)18-6-4-17-13-20(25(30)31)7-5-16(17)12-18/h4-9,12-14,21H,10-11,15H2,1-3H3,(H,30,31). The smallest absolute Gasteiger partial charge is 0.335 e. The van der Waals surface area contributed by atoms with E-state index in [0.717, 1.165) is 16.5 Å². The third kappa shape index (κ3) is 2.22. The van der Waals surface area contributed by atoms with Crippen molar-refractivity contribution in [3.05, 3.63) is 76.9 Å². The maximum Gasteiger partial charge on any atom is 0.335 e. The molecule has 6 rings (SSSR count). The molecule has 4 heteroatoms. The summed E-state index contributed by atoms with van der Waals surface area (Å²) in [5.41, 5.74) is 2.55. The molecule has 162 valence electrons. The molecule has 3 aromatic rings. The van der Waals surface area contributed by atoms with Crippen molar-refractivity contribution in [1.82, 2.24) is 0 Å². The van der Waals surface area contributed by atoms with Gasteiger partial charge in [-0.15, -0.1) is 0 Å². The van der Waals surface area contributed by atoms with Gasteiger partial charge in [0.1, 0.15) is 11.4 Å². The van der Waals surface area contributed by atoms with Gasteiger partial charge in [-0.2, -0.15) is 0 Å². The van der Waals surface area contributed by atoms with Gasteiger partial charge < -0.3 is 9.84 Å². The van der Waals surface area contributed by atoms with E-state index in [1.54, 1.807) is 24.3 Å². The Bertz CT molecular complexity index is 1340. The number of hydrogen-bond donors (Lipinski definition) is 1. The van der Waals surface area contributed by atoms with Gasteiger partial charge in [0, 0.05) is 22.1 Å². The van der Waals surface area contributed by atoms with Crippen LogP contribution in [0.2, 0.25) is 0 Å². The van der Waals surface area contributed by atoms with Crippen LogP contribution in [0.3, 0.4) is 0 Å². The lowest BCUT2D eigenvalue weighted by Crippen LogP contribution is -2.54. The summed E-state index contributed by atoms with van der Waals surface area (Å²) < 4.78 is 6.59. The number of carboxylic acid groups (broad SMARTS) is 1. The lowest BCUT2D eigenvalue weighted by atomic mass is 9.56. The van der Waals surface area contributed by atoms with Crippen LogP contribution >= 0.6 is 0 Å². The van der Waals surface area contributed by atoms with Gasteiger partial charge in [0.25, 0.3) is 0 Å². The van der Waals surface area contributed by atoms with E-state index in [0.29, 0.717) is 17.0 Å². The third-order valence-electron chi connectivity index (χ3n) is 9.17. The fourth-order valence-corrected chi connectivity index (χ4v) is 7.02. The van der Waals surface area contributed by atoms with Crippen LogP contribution in [0.5, 0.6) is 5.75 Å². The monoisotopic (exact) mass is 426 g/mol. The van der Waals surface area contributed by atoms with Gasteiger partial charge >= 0.3 is 5.97 Å². The molecule has 0 spiro atoms. The highest BCUT2D eigenvalue weighted by molar-refractivity contribution is 6.11. The van der Waals surface area contributed by atoms with Gasteiger partial charge in [0.2, 0.25) is 0 Å². The average molecular weight is 427 g/mol. The minimum atomic E-state index is -0.956. The zero-order chi connectivity index (χ0) is 22.5. The van der Waals surface area contributed by atoms with E-state index in [-0.39, 0.29) is 27.8 Å². The number of ketones is 1. The predicted molar refractivity (Wildman–Crippen MR) is 123 cm³/mol. The Balaban J connectivity index is 1.41. The Morgan fingerprint density at radius 3 is 2.25 bits per heavy atom. The van der Waals surface area contributed by atoms with Crippen LogP contribution < -0.4 is 4.74 Å². The maximum atomic E-state index is 13.4. The Hall–Kier alpha value is -3.14. The molecule has 3 aliphatic rings. The first-order valence-corrected chi connectivity index (χ1v) is 11.3. The highest BCUT2D eigenvalue weighted by Crippen LogP contribution is 2.73. The zero-order valence-corrected chi connectivity index (χ0v) is 18.6. The molecule has 1 N–H and O–H groups in total. The molecule has 0 aromatic heterocycles. The lowest BCUT2D eigenvalue weighted by molar-refractivity contribution is -0.0260. The summed E-state index contributed by atoms with van der Waals surface area (Å²) in [5, 5.41) is 10.9. The van der Waals surface area contributed by atoms with Gasteiger partial charge in [0.15, 0.2) is 5.78 Å². The molecule has 2 aliphatic carbocycles. The molecule has 0 radical (unpaired) electrons. The Labute approximate surface area is 187 Å². The zero-order valence-electron chi connectivity index (χ0n) is 18.6. The molecule has 4 atom stereocenters. The van der Waals surface area contributed by atoms with Crippen LogP contribution in [0, 0.1) is 11.3 Å². The van der Waals surface area contributed by atoms with Crippen LogP contribution in [0.25, 0.3) is 10.8 Å². The summed E-state index contributed by atoms with van der Waals surface area (Å²) >= 11 is 0. The van der Waals surface area contributed by atoms with E-state index in [9.17, 15) is 14.7 Å². The van der Waals surface area contributed by atoms with Crippen LogP contribution in [-0.2, 0) is 5.41 Å². The topological polar surface area (TPSA) is 63.6 Å². The average Bonchev–Trinajstić information content (AvgIpc) is 3.35. The number of hydrogen-bond acceptors (Lipinski definition) is 3. The SMILES string of the molecule is CC12CCC(C1)C1(C)Oc3ccc(C(=O)c4ccc5cc(C(=O)O)ccc5c4)cc3C21C. The summed E-state index contributed by atoms with van der Waals surface area (Å²) in [6, 6.07) is 16.3. The largest absolute Gasteiger partial charge is 0.486 e. The van der Waals surface area contributed by atoms with Crippen molar-refractivity contribution < 1.29 is 19.4 Å². The molecule has 2 saturated carbocycles. The van der Waals surface area contributed by atoms with Crippen molar-refractivity contribution in [2.45, 2.75) is 51.0 Å². The second kappa shape index (κ2) is 6.00. The second-order valence-corrected chi connectivity index (χ2v) is 10.5. The van der Waals surface area contributed by atoms with Crippen LogP contribution in [-0.4, -0.2) is 22.5 Å². The van der Waals surface area contributed by atoms with E-state index in [2.05, 4.69) is 26.8 Å². The summed E-state index contributed by atoms with van der Waals surface area (Å²) in [7, 11) is 0. The minimum absolute atomic E-state index is 0.0254. The first-order valence-electron chi connectivity index (χ1n) is 11.3. The number of aromatic carboxylic acids is 1. The van der Waals surface area contributed by atoms with Gasteiger partial charge in [-0.25, -0.2) is 4.79 Å². The van der Waals surface area contributed by atoms with Gasteiger partial charge in [-0.3, -0.25) is 4.79 Å². The highest BCUT2D eigenvalue weighted by atomic mass is 16.5. The summed E-state index contributed by atoms with van der Waals surface area (Å²) in [6.07, 6.45) is 3.59. The molecule has 0 saturated heterocycles. The lowest BCUT2D eigenvalue weighted by Gasteiger charge is -2.48. The number of carboxylic acids is 1. The Kier molecular flexibility index (Phi) is 3.67. The molecule has 1 aliphatic heterocycles. The fourth-order valence-electron chi connectivity index (χ4n) is 7.02. The molecule has 2 fully saturated rings. The Morgan fingerprint density at radius 2 is 1.53 bits per heavy atom. The molecular formula is C28H26O4. The normalized spacial score (nSPS) is 31.9. The molecule has 32 heavy (non-hydrogen) atoms. The summed E-state index contributed by atoms with van der Waals surface area (Å²) in [6.45, 7) is 6.99. The summed E-state index contributed by atoms with van der Waals surface area (Å²) in [5.74, 6) is 0.495. The number of carbonyl (C=O) groups is 2. The van der Waals surface area contributed by atoms with Gasteiger partial charge in [0.05, 0.1) is 5.56 Å². The number of rotatable bonds is 3. The van der Waals surface area contributed by atoms with E-state index in [4.69, 9.17) is 4.74 Å². The minimum Gasteiger partial charge on any atom is -0.486 e. The van der Waals surface area contributed by atoms with Crippen LogP contribution in [0.15, 0.2) is 54.6 Å². The molecular weight excluding hydrogens is 400 g/mol. The summed E-state index contributed by atoms with van der Waals surface area (Å²) in [4.78, 5) is 24.7. The molecule has 4 nitrogen and oxygen atoms in total. The highest BCUT2D eigenvalue weighted by Gasteiger charge is 2.73. The van der Waals surface area contributed by atoms with Crippen molar-refractivity contribution in [2.75, 3.05) is 0 Å². The number of fused-ring (bicyclic) bond motifs is 8. The fraction of sp³-hybridized carbons (Fsp3) is 0.357. The quantitative estimate of drug-likeness (QED) is 0.522. The first kappa shape index (κ1) is 19.5. The maximum absolute atomic E-state index is 13.4. The van der Waals surface area contributed by atoms with Crippen molar-refractivity contribution in [2.24, 2.45) is 11.3 Å². The third-order valence-corrected chi connectivity index (χ3v) is 9.17. The van der Waals surface area contributed by atoms with Gasteiger partial charge in [-0.05, 0) is 84.7 Å². The second-order valence-electron chi connectivity index (χ2n) is 10.5.